The van der Waals surface area contributed by atoms with Crippen molar-refractivity contribution in [3.05, 3.63) is 26.9 Å². The van der Waals surface area contributed by atoms with Gasteiger partial charge in [0.05, 0.1) is 6.04 Å². The van der Waals surface area contributed by atoms with E-state index in [4.69, 9.17) is 0 Å². The van der Waals surface area contributed by atoms with Crippen LogP contribution in [-0.2, 0) is 11.2 Å². The van der Waals surface area contributed by atoms with Crippen LogP contribution in [0, 0.1) is 19.8 Å². The third kappa shape index (κ3) is 4.40. The molecular formula is C16H22N6OS2. The molecule has 0 aliphatic rings. The molecule has 0 fully saturated rings. The number of rotatable bonds is 7. The average Bonchev–Trinajstić information content (AvgIpc) is 3.22. The maximum absolute atomic E-state index is 12.4. The Morgan fingerprint density at radius 3 is 2.76 bits per heavy atom. The molecule has 0 saturated heterocycles. The topological polar surface area (TPSA) is 85.1 Å². The summed E-state index contributed by atoms with van der Waals surface area (Å²) in [5.41, 5.74) is 0.998. The maximum Gasteiger partial charge on any atom is 0.234 e. The first-order valence-corrected chi connectivity index (χ1v) is 10.0. The third-order valence-electron chi connectivity index (χ3n) is 3.73. The number of carbonyl (C=O) groups excluding carboxylic acids is 1. The second-order valence-corrected chi connectivity index (χ2v) is 8.44. The van der Waals surface area contributed by atoms with Crippen molar-refractivity contribution < 1.29 is 4.79 Å². The molecule has 0 aromatic carbocycles. The number of hydrogen-bond acceptors (Lipinski definition) is 7. The van der Waals surface area contributed by atoms with E-state index in [-0.39, 0.29) is 11.9 Å². The molecule has 9 heteroatoms. The summed E-state index contributed by atoms with van der Waals surface area (Å²) in [4.78, 5) is 17.7. The Kier molecular flexibility index (Phi) is 5.43. The van der Waals surface area contributed by atoms with Crippen LogP contribution in [0.15, 0.2) is 5.38 Å². The van der Waals surface area contributed by atoms with E-state index in [1.165, 1.54) is 11.3 Å². The van der Waals surface area contributed by atoms with Gasteiger partial charge < -0.3 is 5.32 Å². The molecule has 3 aromatic rings. The molecule has 0 radical (unpaired) electrons. The lowest BCUT2D eigenvalue weighted by Gasteiger charge is -2.18. The smallest absolute Gasteiger partial charge is 0.234 e. The number of amides is 1. The first kappa shape index (κ1) is 17.9. The number of nitrogens with zero attached hydrogens (tertiary/aromatic N) is 5. The van der Waals surface area contributed by atoms with Crippen molar-refractivity contribution in [1.29, 1.82) is 0 Å². The second kappa shape index (κ2) is 7.57. The first-order chi connectivity index (χ1) is 11.9. The number of carbonyl (C=O) groups is 1. The molecule has 3 heterocycles. The summed E-state index contributed by atoms with van der Waals surface area (Å²) < 4.78 is 1.72. The van der Waals surface area contributed by atoms with Gasteiger partial charge in [-0.25, -0.2) is 4.98 Å². The molecule has 7 nitrogen and oxygen atoms in total. The highest BCUT2D eigenvalue weighted by molar-refractivity contribution is 7.16. The normalized spacial score (nSPS) is 12.8. The fraction of sp³-hybridized carbons (Fsp3) is 0.562. The van der Waals surface area contributed by atoms with E-state index in [0.29, 0.717) is 18.8 Å². The molecule has 3 aromatic heterocycles. The van der Waals surface area contributed by atoms with Gasteiger partial charge in [-0.1, -0.05) is 25.2 Å². The summed E-state index contributed by atoms with van der Waals surface area (Å²) in [5.74, 6) is 1.27. The number of fused-ring (bicyclic) bond motifs is 1. The third-order valence-corrected chi connectivity index (χ3v) is 5.77. The second-order valence-electron chi connectivity index (χ2n) is 6.51. The van der Waals surface area contributed by atoms with Gasteiger partial charge in [0.25, 0.3) is 0 Å². The van der Waals surface area contributed by atoms with Gasteiger partial charge in [-0.15, -0.1) is 21.5 Å². The van der Waals surface area contributed by atoms with Crippen molar-refractivity contribution in [3.63, 3.8) is 0 Å². The summed E-state index contributed by atoms with van der Waals surface area (Å²) >= 11 is 3.08. The number of aryl methyl sites for hydroxylation is 3. The van der Waals surface area contributed by atoms with E-state index < -0.39 is 0 Å². The van der Waals surface area contributed by atoms with Gasteiger partial charge in [0.15, 0.2) is 5.82 Å². The fourth-order valence-corrected chi connectivity index (χ4v) is 4.31. The summed E-state index contributed by atoms with van der Waals surface area (Å²) in [6.07, 6.45) is 1.89. The molecule has 1 amide bonds. The van der Waals surface area contributed by atoms with Gasteiger partial charge in [0.1, 0.15) is 10.0 Å². The molecule has 25 heavy (non-hydrogen) atoms. The predicted molar refractivity (Wildman–Crippen MR) is 98.9 cm³/mol. The molecular weight excluding hydrogens is 356 g/mol. The molecule has 3 rings (SSSR count). The SMILES string of the molecule is Cc1csc(C(CC(C)C)NC(=O)CCc2nn3c(C)nnc3s2)n1. The van der Waals surface area contributed by atoms with E-state index in [1.807, 2.05) is 19.2 Å². The molecule has 0 bridgehead atoms. The van der Waals surface area contributed by atoms with Crippen LogP contribution in [0.1, 0.15) is 54.3 Å². The van der Waals surface area contributed by atoms with Crippen LogP contribution < -0.4 is 5.32 Å². The van der Waals surface area contributed by atoms with Crippen LogP contribution in [-0.4, -0.2) is 30.7 Å². The lowest BCUT2D eigenvalue weighted by molar-refractivity contribution is -0.121. The lowest BCUT2D eigenvalue weighted by Crippen LogP contribution is -2.29. The quantitative estimate of drug-likeness (QED) is 0.683. The van der Waals surface area contributed by atoms with Crippen molar-refractivity contribution in [3.8, 4) is 0 Å². The summed E-state index contributed by atoms with van der Waals surface area (Å²) in [7, 11) is 0. The van der Waals surface area contributed by atoms with Crippen molar-refractivity contribution in [1.82, 2.24) is 30.1 Å². The van der Waals surface area contributed by atoms with E-state index in [0.717, 1.165) is 32.9 Å². The van der Waals surface area contributed by atoms with Crippen LogP contribution in [0.5, 0.6) is 0 Å². The van der Waals surface area contributed by atoms with Crippen molar-refractivity contribution in [2.45, 2.75) is 53.0 Å². The highest BCUT2D eigenvalue weighted by Gasteiger charge is 2.19. The van der Waals surface area contributed by atoms with Crippen molar-refractivity contribution in [2.75, 3.05) is 0 Å². The summed E-state index contributed by atoms with van der Waals surface area (Å²) in [6, 6.07) is -0.0220. The van der Waals surface area contributed by atoms with Gasteiger partial charge >= 0.3 is 0 Å². The molecule has 0 aliphatic carbocycles. The fourth-order valence-electron chi connectivity index (χ4n) is 2.57. The van der Waals surface area contributed by atoms with Gasteiger partial charge in [0, 0.05) is 23.9 Å². The van der Waals surface area contributed by atoms with E-state index >= 15 is 0 Å². The standard InChI is InChI=1S/C16H22N6OS2/c1-9(2)7-12(15-17-10(3)8-24-15)18-13(23)5-6-14-21-22-11(4)19-20-16(22)25-14/h8-9,12H,5-7H2,1-4H3,(H,18,23). The molecule has 134 valence electrons. The molecule has 1 N–H and O–H groups in total. The largest absolute Gasteiger partial charge is 0.347 e. The van der Waals surface area contributed by atoms with Gasteiger partial charge in [0.2, 0.25) is 10.9 Å². The lowest BCUT2D eigenvalue weighted by atomic mass is 10.0. The Morgan fingerprint density at radius 2 is 2.12 bits per heavy atom. The van der Waals surface area contributed by atoms with Crippen LogP contribution in [0.4, 0.5) is 0 Å². The summed E-state index contributed by atoms with van der Waals surface area (Å²) in [5, 5.41) is 19.5. The van der Waals surface area contributed by atoms with E-state index in [9.17, 15) is 4.79 Å². The van der Waals surface area contributed by atoms with Gasteiger partial charge in [-0.05, 0) is 26.2 Å². The summed E-state index contributed by atoms with van der Waals surface area (Å²) in [6.45, 7) is 8.15. The number of hydrogen-bond donors (Lipinski definition) is 1. The first-order valence-electron chi connectivity index (χ1n) is 8.31. The minimum atomic E-state index is -0.0220. The minimum Gasteiger partial charge on any atom is -0.347 e. The maximum atomic E-state index is 12.4. The Morgan fingerprint density at radius 1 is 1.32 bits per heavy atom. The zero-order chi connectivity index (χ0) is 18.0. The van der Waals surface area contributed by atoms with E-state index in [1.54, 1.807) is 15.9 Å². The van der Waals surface area contributed by atoms with Crippen molar-refractivity contribution >= 4 is 33.5 Å². The van der Waals surface area contributed by atoms with Crippen LogP contribution >= 0.6 is 22.7 Å². The zero-order valence-electron chi connectivity index (χ0n) is 14.8. The van der Waals surface area contributed by atoms with Gasteiger partial charge in [-0.3, -0.25) is 4.79 Å². The van der Waals surface area contributed by atoms with E-state index in [2.05, 4.69) is 39.4 Å². The highest BCUT2D eigenvalue weighted by atomic mass is 32.1. The monoisotopic (exact) mass is 378 g/mol. The average molecular weight is 379 g/mol. The number of thiazole rings is 1. The molecule has 0 saturated carbocycles. The molecule has 0 aliphatic heterocycles. The number of aromatic nitrogens is 5. The molecule has 1 atom stereocenters. The van der Waals surface area contributed by atoms with Crippen LogP contribution in [0.2, 0.25) is 0 Å². The minimum absolute atomic E-state index is 0.0220. The van der Waals surface area contributed by atoms with Crippen LogP contribution in [0.25, 0.3) is 4.96 Å². The molecule has 0 spiro atoms. The van der Waals surface area contributed by atoms with Crippen LogP contribution in [0.3, 0.4) is 0 Å². The van der Waals surface area contributed by atoms with Crippen molar-refractivity contribution in [2.24, 2.45) is 5.92 Å². The number of nitrogens with one attached hydrogen (secondary N) is 1. The van der Waals surface area contributed by atoms with Gasteiger partial charge in [-0.2, -0.15) is 9.61 Å². The Balaban J connectivity index is 1.60. The highest BCUT2D eigenvalue weighted by Crippen LogP contribution is 2.24. The Bertz CT molecular complexity index is 865. The zero-order valence-corrected chi connectivity index (χ0v) is 16.4. The Hall–Kier alpha value is -1.87. The molecule has 1 unspecified atom stereocenters. The Labute approximate surface area is 154 Å². The predicted octanol–water partition coefficient (Wildman–Crippen LogP) is 3.10.